The molecule has 0 aliphatic carbocycles. The van der Waals surface area contributed by atoms with Crippen molar-refractivity contribution in [2.24, 2.45) is 0 Å². The van der Waals surface area contributed by atoms with Crippen LogP contribution in [0.1, 0.15) is 30.0 Å². The predicted molar refractivity (Wildman–Crippen MR) is 148 cm³/mol. The lowest BCUT2D eigenvalue weighted by Crippen LogP contribution is -2.38. The third-order valence-electron chi connectivity index (χ3n) is 6.59. The number of rotatable bonds is 10. The Balaban J connectivity index is 1.44. The molecule has 1 fully saturated rings. The first kappa shape index (κ1) is 28.5. The zero-order valence-electron chi connectivity index (χ0n) is 22.0. The number of nitrogens with one attached hydrogen (secondary N) is 3. The van der Waals surface area contributed by atoms with Crippen LogP contribution in [0.4, 0.5) is 14.7 Å². The summed E-state index contributed by atoms with van der Waals surface area (Å²) in [6.45, 7) is 1.77. The molecule has 1 unspecified atom stereocenters. The molecular formula is C28H27F2N6O4S-. The number of hydrogen-bond acceptors (Lipinski definition) is 9. The van der Waals surface area contributed by atoms with E-state index in [1.54, 1.807) is 48.7 Å². The number of halogens is 2. The second kappa shape index (κ2) is 13.1. The minimum Gasteiger partial charge on any atom is -0.760 e. The van der Waals surface area contributed by atoms with E-state index in [4.69, 9.17) is 9.47 Å². The van der Waals surface area contributed by atoms with Crippen molar-refractivity contribution in [1.82, 2.24) is 25.0 Å². The van der Waals surface area contributed by atoms with Crippen molar-refractivity contribution in [2.45, 2.75) is 24.9 Å². The number of pyridine rings is 1. The fourth-order valence-electron chi connectivity index (χ4n) is 4.65. The summed E-state index contributed by atoms with van der Waals surface area (Å²) < 4.78 is 67.3. The van der Waals surface area contributed by atoms with Gasteiger partial charge >= 0.3 is 0 Å². The van der Waals surface area contributed by atoms with Crippen LogP contribution in [0, 0.1) is 11.6 Å². The first-order valence-electron chi connectivity index (χ1n) is 12.8. The fourth-order valence-corrected chi connectivity index (χ4v) is 5.10. The van der Waals surface area contributed by atoms with Crippen LogP contribution in [-0.2, 0) is 11.3 Å². The highest BCUT2D eigenvalue weighted by Gasteiger charge is 2.26. The summed E-state index contributed by atoms with van der Waals surface area (Å²) in [4.78, 5) is 13.1. The molecule has 0 radical (unpaired) electrons. The van der Waals surface area contributed by atoms with E-state index in [1.807, 2.05) is 0 Å². The van der Waals surface area contributed by atoms with Crippen LogP contribution in [-0.4, -0.2) is 50.0 Å². The van der Waals surface area contributed by atoms with Crippen molar-refractivity contribution in [3.8, 4) is 28.6 Å². The molecule has 1 aliphatic heterocycles. The van der Waals surface area contributed by atoms with Gasteiger partial charge in [0, 0.05) is 47.4 Å². The van der Waals surface area contributed by atoms with Gasteiger partial charge in [0.2, 0.25) is 17.6 Å². The zero-order chi connectivity index (χ0) is 28.8. The van der Waals surface area contributed by atoms with E-state index in [-0.39, 0.29) is 17.5 Å². The van der Waals surface area contributed by atoms with Crippen LogP contribution in [0.15, 0.2) is 67.0 Å². The lowest BCUT2D eigenvalue weighted by Gasteiger charge is -2.24. The zero-order valence-corrected chi connectivity index (χ0v) is 22.8. The number of anilines is 1. The van der Waals surface area contributed by atoms with E-state index in [1.165, 1.54) is 25.4 Å². The first-order chi connectivity index (χ1) is 19.9. The molecule has 3 heterocycles. The molecule has 4 aromatic rings. The molecule has 2 aromatic carbocycles. The number of methoxy groups -OCH3 is 1. The minimum atomic E-state index is -2.79. The third kappa shape index (κ3) is 6.65. The van der Waals surface area contributed by atoms with Gasteiger partial charge in [0.15, 0.2) is 11.6 Å². The maximum atomic E-state index is 15.5. The quantitative estimate of drug-likeness (QED) is 0.235. The number of aromatic nitrogens is 3. The molecule has 10 nitrogen and oxygen atoms in total. The summed E-state index contributed by atoms with van der Waals surface area (Å²) in [5.41, 5.74) is 0.966. The molecule has 13 heteroatoms. The van der Waals surface area contributed by atoms with Crippen LogP contribution in [0.3, 0.4) is 0 Å². The van der Waals surface area contributed by atoms with Crippen molar-refractivity contribution >= 4 is 17.2 Å². The van der Waals surface area contributed by atoms with E-state index in [9.17, 15) is 8.76 Å². The molecule has 0 saturated carbocycles. The maximum absolute atomic E-state index is 15.5. The summed E-state index contributed by atoms with van der Waals surface area (Å²) >= 11 is -2.79. The van der Waals surface area contributed by atoms with Gasteiger partial charge in [-0.2, -0.15) is 4.39 Å². The normalized spacial score (nSPS) is 16.5. The van der Waals surface area contributed by atoms with E-state index < -0.39 is 34.7 Å². The van der Waals surface area contributed by atoms with Crippen LogP contribution in [0.5, 0.6) is 17.4 Å². The lowest BCUT2D eigenvalue weighted by molar-refractivity contribution is 0.396. The summed E-state index contributed by atoms with van der Waals surface area (Å²) in [6.07, 6.45) is 5.09. The Labute approximate surface area is 238 Å². The number of hydrogen-bond donors (Lipinski definition) is 3. The third-order valence-corrected chi connectivity index (χ3v) is 7.02. The second-order valence-corrected chi connectivity index (χ2v) is 9.92. The molecule has 41 heavy (non-hydrogen) atoms. The molecule has 0 bridgehead atoms. The van der Waals surface area contributed by atoms with Crippen molar-refractivity contribution in [3.05, 3.63) is 89.8 Å². The van der Waals surface area contributed by atoms with Crippen LogP contribution < -0.4 is 24.8 Å². The molecule has 2 aromatic heterocycles. The van der Waals surface area contributed by atoms with Gasteiger partial charge in [-0.25, -0.2) is 24.1 Å². The number of benzene rings is 2. The Morgan fingerprint density at radius 1 is 1.02 bits per heavy atom. The first-order valence-corrected chi connectivity index (χ1v) is 13.9. The van der Waals surface area contributed by atoms with E-state index in [0.717, 1.165) is 25.9 Å². The monoisotopic (exact) mass is 581 g/mol. The molecule has 214 valence electrons. The van der Waals surface area contributed by atoms with Gasteiger partial charge in [0.1, 0.15) is 5.75 Å². The van der Waals surface area contributed by atoms with E-state index in [2.05, 4.69) is 30.3 Å². The van der Waals surface area contributed by atoms with Crippen LogP contribution in [0.2, 0.25) is 0 Å². The topological polar surface area (TPSA) is 133 Å². The van der Waals surface area contributed by atoms with Crippen molar-refractivity contribution in [3.63, 3.8) is 0 Å². The van der Waals surface area contributed by atoms with Gasteiger partial charge in [-0.3, -0.25) is 4.21 Å². The molecule has 5 rings (SSSR count). The smallest absolute Gasteiger partial charge is 0.228 e. The summed E-state index contributed by atoms with van der Waals surface area (Å²) in [5.74, 6) is -2.31. The standard InChI is InChI=1S/C28H28F2N6O4S/c1-39-22-9-3-2-7-19(22)26(36-41(37)38)20-10-11-23(25(30)24(20)29)40-27-18(8-5-14-32-27)21-12-15-33-28(35-21)34-17-6-4-13-31-16-17/h2-3,5,7-12,14-15,17,26,31,36H,4,6,13,16H2,1H3,(H,37,38)(H,33,34,35)/p-1/t17-,26-/m0/s1. The molecule has 3 atom stereocenters. The maximum Gasteiger partial charge on any atom is 0.228 e. The van der Waals surface area contributed by atoms with Gasteiger partial charge in [-0.05, 0) is 49.7 Å². The highest BCUT2D eigenvalue weighted by molar-refractivity contribution is 7.77. The SMILES string of the molecule is COc1ccccc1[C@H](NS(=O)[O-])c1ccc(Oc2ncccc2-c2ccnc(N[C@H]3CCCNC3)n2)c(F)c1F. The minimum absolute atomic E-state index is 0.00241. The van der Waals surface area contributed by atoms with Crippen molar-refractivity contribution in [2.75, 3.05) is 25.5 Å². The number of ether oxygens (including phenoxy) is 2. The summed E-state index contributed by atoms with van der Waals surface area (Å²) in [6, 6.07) is 12.9. The Hall–Kier alpha value is -4.04. The highest BCUT2D eigenvalue weighted by atomic mass is 32.2. The number of nitrogens with zero attached hydrogens (tertiary/aromatic N) is 3. The van der Waals surface area contributed by atoms with Crippen molar-refractivity contribution in [1.29, 1.82) is 0 Å². The van der Waals surface area contributed by atoms with E-state index >= 15 is 8.78 Å². The number of piperidine rings is 1. The molecule has 1 aliphatic rings. The largest absolute Gasteiger partial charge is 0.760 e. The predicted octanol–water partition coefficient (Wildman–Crippen LogP) is 4.25. The fraction of sp³-hybridized carbons (Fsp3) is 0.250. The Morgan fingerprint density at radius 3 is 2.66 bits per heavy atom. The average Bonchev–Trinajstić information content (AvgIpc) is 2.99. The van der Waals surface area contributed by atoms with Gasteiger partial charge in [-0.15, -0.1) is 0 Å². The molecule has 3 N–H and O–H groups in total. The highest BCUT2D eigenvalue weighted by Crippen LogP contribution is 2.37. The van der Waals surface area contributed by atoms with Gasteiger partial charge < -0.3 is 24.7 Å². The number of para-hydroxylation sites is 1. The average molecular weight is 582 g/mol. The Morgan fingerprint density at radius 2 is 1.88 bits per heavy atom. The Kier molecular flexibility index (Phi) is 9.09. The Bertz CT molecular complexity index is 1540. The van der Waals surface area contributed by atoms with Crippen LogP contribution in [0.25, 0.3) is 11.3 Å². The second-order valence-electron chi connectivity index (χ2n) is 9.22. The van der Waals surface area contributed by atoms with Gasteiger partial charge in [0.05, 0.1) is 24.4 Å². The summed E-state index contributed by atoms with van der Waals surface area (Å²) in [7, 11) is 1.40. The summed E-state index contributed by atoms with van der Waals surface area (Å²) in [5, 5.41) is 6.64. The van der Waals surface area contributed by atoms with Gasteiger partial charge in [0.25, 0.3) is 0 Å². The van der Waals surface area contributed by atoms with E-state index in [0.29, 0.717) is 28.5 Å². The van der Waals surface area contributed by atoms with Crippen molar-refractivity contribution < 1.29 is 27.0 Å². The van der Waals surface area contributed by atoms with Crippen LogP contribution >= 0.6 is 0 Å². The molecule has 0 spiro atoms. The lowest BCUT2D eigenvalue weighted by atomic mass is 9.98. The molecule has 0 amide bonds. The molecule has 1 saturated heterocycles. The van der Waals surface area contributed by atoms with Gasteiger partial charge in [-0.1, -0.05) is 24.3 Å². The molecular weight excluding hydrogens is 554 g/mol.